The monoisotopic (exact) mass is 608 g/mol. The van der Waals surface area contributed by atoms with Crippen molar-refractivity contribution in [1.82, 2.24) is 9.97 Å². The lowest BCUT2D eigenvalue weighted by Crippen LogP contribution is -2.17. The van der Waals surface area contributed by atoms with Gasteiger partial charge in [-0.3, -0.25) is 9.36 Å². The average Bonchev–Trinajstić information content (AvgIpc) is 3.45. The zero-order valence-electron chi connectivity index (χ0n) is 25.7. The summed E-state index contributed by atoms with van der Waals surface area (Å²) in [6.07, 6.45) is 0. The molecule has 7 nitrogen and oxygen atoms in total. The molecule has 1 N–H and O–H groups in total. The molecule has 0 saturated heterocycles. The van der Waals surface area contributed by atoms with Gasteiger partial charge in [-0.2, -0.15) is 0 Å². The number of fused-ring (bicyclic) bond motifs is 3. The smallest absolute Gasteiger partial charge is 0.379 e. The van der Waals surface area contributed by atoms with Crippen LogP contribution in [0.2, 0.25) is 0 Å². The molecular formula is C36H37N2O5P. The van der Waals surface area contributed by atoms with Crippen LogP contribution in [-0.4, -0.2) is 35.3 Å². The Kier molecular flexibility index (Phi) is 9.31. The maximum atomic E-state index is 13.6. The van der Waals surface area contributed by atoms with Crippen LogP contribution in [0, 0.1) is 0 Å². The van der Waals surface area contributed by atoms with Crippen LogP contribution in [0.15, 0.2) is 97.1 Å². The molecule has 0 atom stereocenters. The fraction of sp³-hybridized carbons (Fsp3) is 0.222. The number of hydrogen-bond acceptors (Lipinski definition) is 6. The molecule has 0 amide bonds. The molecule has 0 aliphatic heterocycles. The number of nitrogens with one attached hydrogen (secondary N) is 1. The van der Waals surface area contributed by atoms with E-state index < -0.39 is 7.60 Å². The second-order valence-electron chi connectivity index (χ2n) is 11.2. The number of carbonyl (C=O) groups excluding carboxylic acids is 1. The van der Waals surface area contributed by atoms with Gasteiger partial charge in [-0.1, -0.05) is 66.7 Å². The zero-order chi connectivity index (χ0) is 31.3. The Labute approximate surface area is 257 Å². The van der Waals surface area contributed by atoms with Crippen molar-refractivity contribution < 1.29 is 23.1 Å². The van der Waals surface area contributed by atoms with E-state index in [9.17, 15) is 9.36 Å². The Bertz CT molecular complexity index is 1930. The molecule has 4 aromatic carbocycles. The maximum Gasteiger partial charge on any atom is 0.379 e. The van der Waals surface area contributed by atoms with Crippen molar-refractivity contribution in [3.05, 3.63) is 97.1 Å². The van der Waals surface area contributed by atoms with Gasteiger partial charge >= 0.3 is 7.60 Å². The van der Waals surface area contributed by atoms with Gasteiger partial charge in [0.2, 0.25) is 0 Å². The summed E-state index contributed by atoms with van der Waals surface area (Å²) in [5.74, 6) is 0. The number of nitrogens with zero attached hydrogens (tertiary/aromatic N) is 1. The van der Waals surface area contributed by atoms with Gasteiger partial charge in [-0.05, 0) is 86.8 Å². The van der Waals surface area contributed by atoms with E-state index in [0.717, 1.165) is 55.0 Å². The van der Waals surface area contributed by atoms with Crippen LogP contribution < -0.4 is 5.44 Å². The first-order valence-corrected chi connectivity index (χ1v) is 16.2. The third kappa shape index (κ3) is 6.76. The van der Waals surface area contributed by atoms with Crippen LogP contribution >= 0.6 is 7.60 Å². The number of rotatable bonds is 8. The van der Waals surface area contributed by atoms with Crippen molar-refractivity contribution in [3.63, 3.8) is 0 Å². The lowest BCUT2D eigenvalue weighted by atomic mass is 9.94. The van der Waals surface area contributed by atoms with Gasteiger partial charge in [0.1, 0.15) is 5.60 Å². The van der Waals surface area contributed by atoms with E-state index in [4.69, 9.17) is 14.0 Å². The largest absolute Gasteiger partial charge is 0.462 e. The predicted molar refractivity (Wildman–Crippen MR) is 179 cm³/mol. The van der Waals surface area contributed by atoms with E-state index in [0.29, 0.717) is 11.9 Å². The third-order valence-electron chi connectivity index (χ3n) is 6.98. The molecule has 2 heterocycles. The van der Waals surface area contributed by atoms with Gasteiger partial charge in [-0.15, -0.1) is 0 Å². The number of pyridine rings is 1. The van der Waals surface area contributed by atoms with Crippen molar-refractivity contribution in [2.45, 2.75) is 40.2 Å². The normalized spacial score (nSPS) is 11.8. The summed E-state index contributed by atoms with van der Waals surface area (Å²) in [7, 11) is -3.54. The highest BCUT2D eigenvalue weighted by Gasteiger charge is 2.29. The van der Waals surface area contributed by atoms with E-state index in [1.807, 2.05) is 51.1 Å². The Morgan fingerprint density at radius 3 is 2.11 bits per heavy atom. The minimum atomic E-state index is -3.54. The van der Waals surface area contributed by atoms with Crippen LogP contribution in [0.3, 0.4) is 0 Å². The summed E-state index contributed by atoms with van der Waals surface area (Å²) >= 11 is 0. The first-order chi connectivity index (χ1) is 21.2. The molecular weight excluding hydrogens is 571 g/mol. The fourth-order valence-corrected chi connectivity index (χ4v) is 6.58. The molecule has 0 radical (unpaired) electrons. The first-order valence-electron chi connectivity index (χ1n) is 14.7. The number of para-hydroxylation sites is 1. The molecule has 226 valence electrons. The second-order valence-corrected chi connectivity index (χ2v) is 13.2. The molecule has 0 saturated carbocycles. The fourth-order valence-electron chi connectivity index (χ4n) is 5.08. The van der Waals surface area contributed by atoms with Crippen LogP contribution in [0.25, 0.3) is 55.0 Å². The molecule has 0 aliphatic carbocycles. The molecule has 0 bridgehead atoms. The molecule has 44 heavy (non-hydrogen) atoms. The number of carbonyl (C=O) groups is 1. The van der Waals surface area contributed by atoms with Gasteiger partial charge in [0.15, 0.2) is 5.44 Å². The Morgan fingerprint density at radius 1 is 0.773 bits per heavy atom. The molecule has 6 rings (SSSR count). The van der Waals surface area contributed by atoms with E-state index >= 15 is 0 Å². The van der Waals surface area contributed by atoms with Crippen molar-refractivity contribution in [3.8, 4) is 22.4 Å². The number of H-pyrrole nitrogens is 1. The molecule has 8 heteroatoms. The van der Waals surface area contributed by atoms with E-state index in [2.05, 4.69) is 70.4 Å². The summed E-state index contributed by atoms with van der Waals surface area (Å²) in [5, 5.41) is 4.38. The molecule has 0 spiro atoms. The highest BCUT2D eigenvalue weighted by atomic mass is 31.2. The number of aromatic nitrogens is 2. The number of benzene rings is 4. The zero-order valence-corrected chi connectivity index (χ0v) is 26.6. The van der Waals surface area contributed by atoms with Gasteiger partial charge in [0.25, 0.3) is 6.47 Å². The summed E-state index contributed by atoms with van der Waals surface area (Å²) in [6, 6.07) is 33.1. The van der Waals surface area contributed by atoms with Gasteiger partial charge in [0, 0.05) is 27.5 Å². The van der Waals surface area contributed by atoms with Gasteiger partial charge in [-0.25, -0.2) is 4.98 Å². The summed E-state index contributed by atoms with van der Waals surface area (Å²) in [4.78, 5) is 18.1. The van der Waals surface area contributed by atoms with Crippen LogP contribution in [0.5, 0.6) is 0 Å². The van der Waals surface area contributed by atoms with Crippen LogP contribution in [-0.2, 0) is 23.1 Å². The summed E-state index contributed by atoms with van der Waals surface area (Å²) < 4.78 is 29.4. The summed E-state index contributed by atoms with van der Waals surface area (Å²) in [6.45, 7) is 10.1. The minimum Gasteiger partial charge on any atom is -0.462 e. The van der Waals surface area contributed by atoms with E-state index in [-0.39, 0.29) is 18.8 Å². The van der Waals surface area contributed by atoms with Gasteiger partial charge < -0.3 is 18.8 Å². The van der Waals surface area contributed by atoms with Gasteiger partial charge in [0.05, 0.1) is 18.7 Å². The predicted octanol–water partition coefficient (Wildman–Crippen LogP) is 9.05. The average molecular weight is 609 g/mol. The van der Waals surface area contributed by atoms with Crippen molar-refractivity contribution in [2.24, 2.45) is 0 Å². The Hall–Kier alpha value is -4.29. The number of ether oxygens (including phenoxy) is 1. The van der Waals surface area contributed by atoms with Crippen LogP contribution in [0.1, 0.15) is 34.6 Å². The lowest BCUT2D eigenvalue weighted by Gasteiger charge is -2.18. The third-order valence-corrected chi connectivity index (χ3v) is 8.99. The Balaban J connectivity index is 0.000000493. The number of hydrogen-bond donors (Lipinski definition) is 1. The molecule has 0 unspecified atom stereocenters. The quantitative estimate of drug-likeness (QED) is 0.137. The molecule has 2 aromatic heterocycles. The summed E-state index contributed by atoms with van der Waals surface area (Å²) in [5.41, 5.74) is 5.96. The van der Waals surface area contributed by atoms with Crippen molar-refractivity contribution in [2.75, 3.05) is 13.2 Å². The molecule has 0 fully saturated rings. The van der Waals surface area contributed by atoms with Crippen molar-refractivity contribution >= 4 is 52.1 Å². The highest BCUT2D eigenvalue weighted by Crippen LogP contribution is 2.47. The van der Waals surface area contributed by atoms with Crippen LogP contribution in [0.4, 0.5) is 0 Å². The standard InChI is InChI=1S/C31H27N2O3P.C5H10O2/c1-3-35-37(34,36-4-2)30-17-16-23-18-24(29-20-22-11-6-8-15-28(22)32-29)19-27(31(23)33-30)26-14-9-12-21-10-5-7-13-25(21)26;1-5(2,3)7-4-6/h5-20,32H,3-4H2,1-2H3;4H,1-3H3. The van der Waals surface area contributed by atoms with Crippen molar-refractivity contribution in [1.29, 1.82) is 0 Å². The highest BCUT2D eigenvalue weighted by molar-refractivity contribution is 7.61. The van der Waals surface area contributed by atoms with E-state index in [1.54, 1.807) is 19.9 Å². The lowest BCUT2D eigenvalue weighted by molar-refractivity contribution is -0.138. The topological polar surface area (TPSA) is 90.5 Å². The Morgan fingerprint density at radius 2 is 1.45 bits per heavy atom. The molecule has 6 aromatic rings. The van der Waals surface area contributed by atoms with E-state index in [1.165, 1.54) is 0 Å². The first kappa shape index (κ1) is 31.1. The SMILES string of the molecule is CC(C)(C)OC=O.CCOP(=O)(OCC)c1ccc2cc(-c3cc4ccccc4[nH]3)cc(-c3cccc4ccccc34)c2n1. The maximum absolute atomic E-state index is 13.6. The number of aromatic amines is 1. The second kappa shape index (κ2) is 13.1. The molecule has 0 aliphatic rings. The minimum absolute atomic E-state index is 0.270.